The van der Waals surface area contributed by atoms with Crippen molar-refractivity contribution in [3.63, 3.8) is 0 Å². The van der Waals surface area contributed by atoms with Gasteiger partial charge < -0.3 is 20.9 Å². The molecule has 6 rings (SSSR count). The molecule has 0 spiro atoms. The highest BCUT2D eigenvalue weighted by Gasteiger charge is 2.48. The molecule has 2 aromatic rings. The standard InChI is InChI=1S/C31H41F2N7O3/c1-18(2)40-24(10-11-35-40)28(41)37-27(26(19-4-5-19)20-6-7-20)29(42)36-22-8-9-23-21(14-22)15-38(17-31(3,32)33)16-25(23)39-13-12-34-30(39)43/h8-11,14,18-20,25-27H,4-7,12-13,15-17H2,1-3H3,(H,34,43)(H,36,42)(H,37,41). The molecule has 12 heteroatoms. The van der Waals surface area contributed by atoms with E-state index in [4.69, 9.17) is 0 Å². The van der Waals surface area contributed by atoms with E-state index < -0.39 is 18.5 Å². The van der Waals surface area contributed by atoms with E-state index in [2.05, 4.69) is 21.0 Å². The van der Waals surface area contributed by atoms with Gasteiger partial charge in [-0.15, -0.1) is 0 Å². The number of nitrogens with zero attached hydrogens (tertiary/aromatic N) is 4. The molecular weight excluding hydrogens is 556 g/mol. The maximum atomic E-state index is 14.1. The van der Waals surface area contributed by atoms with E-state index >= 15 is 0 Å². The quantitative estimate of drug-likeness (QED) is 0.360. The van der Waals surface area contributed by atoms with Crippen LogP contribution in [-0.4, -0.2) is 75.6 Å². The van der Waals surface area contributed by atoms with Crippen molar-refractivity contribution in [1.82, 2.24) is 30.2 Å². The number of anilines is 1. The van der Waals surface area contributed by atoms with Gasteiger partial charge in [-0.2, -0.15) is 5.10 Å². The fourth-order valence-corrected chi connectivity index (χ4v) is 6.93. The van der Waals surface area contributed by atoms with Crippen molar-refractivity contribution >= 4 is 23.5 Å². The van der Waals surface area contributed by atoms with Crippen molar-refractivity contribution in [3.05, 3.63) is 47.3 Å². The molecule has 10 nitrogen and oxygen atoms in total. The van der Waals surface area contributed by atoms with Gasteiger partial charge in [0.2, 0.25) is 5.91 Å². The minimum Gasteiger partial charge on any atom is -0.339 e. The van der Waals surface area contributed by atoms with Crippen molar-refractivity contribution in [2.24, 2.45) is 17.8 Å². The van der Waals surface area contributed by atoms with E-state index in [0.29, 0.717) is 42.9 Å². The SMILES string of the molecule is CC(C)n1nccc1C(=O)NC(C(=O)Nc1ccc2c(c1)CN(CC(C)(F)F)CC2N1CCNC1=O)C(C1CC1)C1CC1. The molecule has 0 radical (unpaired) electrons. The fourth-order valence-electron chi connectivity index (χ4n) is 6.93. The van der Waals surface area contributed by atoms with Crippen molar-refractivity contribution < 1.29 is 23.2 Å². The Labute approximate surface area is 250 Å². The number of hydrogen-bond donors (Lipinski definition) is 3. The summed E-state index contributed by atoms with van der Waals surface area (Å²) in [5, 5.41) is 13.2. The third-order valence-corrected chi connectivity index (χ3v) is 9.04. The third-order valence-electron chi connectivity index (χ3n) is 9.04. The van der Waals surface area contributed by atoms with Crippen LogP contribution in [-0.2, 0) is 11.3 Å². The molecular formula is C31H41F2N7O3. The van der Waals surface area contributed by atoms with Crippen molar-refractivity contribution in [2.45, 2.75) is 77.0 Å². The highest BCUT2D eigenvalue weighted by molar-refractivity contribution is 6.01. The Hall–Kier alpha value is -3.54. The predicted octanol–water partition coefficient (Wildman–Crippen LogP) is 4.17. The number of halogens is 2. The minimum absolute atomic E-state index is 0.0103. The molecule has 1 aromatic heterocycles. The highest BCUT2D eigenvalue weighted by atomic mass is 19.3. The summed E-state index contributed by atoms with van der Waals surface area (Å²) in [7, 11) is 0. The van der Waals surface area contributed by atoms with Crippen molar-refractivity contribution in [1.29, 1.82) is 0 Å². The number of hydrogen-bond acceptors (Lipinski definition) is 5. The van der Waals surface area contributed by atoms with Crippen LogP contribution in [0.5, 0.6) is 0 Å². The number of benzene rings is 1. The van der Waals surface area contributed by atoms with Gasteiger partial charge in [0, 0.05) is 51.0 Å². The maximum absolute atomic E-state index is 14.1. The monoisotopic (exact) mass is 597 g/mol. The number of carbonyl (C=O) groups is 3. The molecule has 1 aromatic carbocycles. The zero-order valence-electron chi connectivity index (χ0n) is 25.0. The second kappa shape index (κ2) is 11.5. The molecule has 3 heterocycles. The largest absolute Gasteiger partial charge is 0.339 e. The van der Waals surface area contributed by atoms with Crippen LogP contribution >= 0.6 is 0 Å². The summed E-state index contributed by atoms with van der Waals surface area (Å²) in [4.78, 5) is 43.3. The smallest absolute Gasteiger partial charge is 0.318 e. The summed E-state index contributed by atoms with van der Waals surface area (Å²) in [6.07, 6.45) is 5.78. The second-order valence-electron chi connectivity index (χ2n) is 13.0. The van der Waals surface area contributed by atoms with Gasteiger partial charge in [0.15, 0.2) is 0 Å². The molecule has 2 saturated carbocycles. The Morgan fingerprint density at radius 3 is 2.47 bits per heavy atom. The van der Waals surface area contributed by atoms with Crippen LogP contribution in [0.1, 0.15) is 80.2 Å². The molecule has 1 saturated heterocycles. The van der Waals surface area contributed by atoms with E-state index in [-0.39, 0.29) is 42.4 Å². The summed E-state index contributed by atoms with van der Waals surface area (Å²) in [6, 6.07) is 5.88. The van der Waals surface area contributed by atoms with Crippen LogP contribution in [0.4, 0.5) is 19.3 Å². The Morgan fingerprint density at radius 2 is 1.86 bits per heavy atom. The van der Waals surface area contributed by atoms with Gasteiger partial charge in [0.05, 0.1) is 12.6 Å². The molecule has 4 aliphatic rings. The topological polar surface area (TPSA) is 112 Å². The molecule has 4 amide bonds. The van der Waals surface area contributed by atoms with Crippen LogP contribution in [0.3, 0.4) is 0 Å². The number of rotatable bonds is 11. The zero-order valence-corrected chi connectivity index (χ0v) is 25.0. The van der Waals surface area contributed by atoms with Gasteiger partial charge in [-0.25, -0.2) is 13.6 Å². The Morgan fingerprint density at radius 1 is 1.14 bits per heavy atom. The van der Waals surface area contributed by atoms with Gasteiger partial charge in [-0.05, 0) is 86.6 Å². The van der Waals surface area contributed by atoms with E-state index in [1.165, 1.54) is 0 Å². The van der Waals surface area contributed by atoms with Crippen LogP contribution in [0.2, 0.25) is 0 Å². The lowest BCUT2D eigenvalue weighted by Gasteiger charge is -2.39. The van der Waals surface area contributed by atoms with Gasteiger partial charge in [-0.3, -0.25) is 19.2 Å². The summed E-state index contributed by atoms with van der Waals surface area (Å²) in [6.45, 7) is 5.96. The number of alkyl halides is 2. The number of carbonyl (C=O) groups excluding carboxylic acids is 3. The molecule has 3 N–H and O–H groups in total. The summed E-state index contributed by atoms with van der Waals surface area (Å²) < 4.78 is 29.8. The number of fused-ring (bicyclic) bond motifs is 1. The average molecular weight is 598 g/mol. The predicted molar refractivity (Wildman–Crippen MR) is 157 cm³/mol. The molecule has 2 aliphatic heterocycles. The Bertz CT molecular complexity index is 1370. The molecule has 0 bridgehead atoms. The second-order valence-corrected chi connectivity index (χ2v) is 13.0. The van der Waals surface area contributed by atoms with Crippen LogP contribution in [0, 0.1) is 17.8 Å². The first kappa shape index (κ1) is 29.5. The fraction of sp³-hybridized carbons (Fsp3) is 0.613. The first-order valence-electron chi connectivity index (χ1n) is 15.4. The maximum Gasteiger partial charge on any atom is 0.318 e. The molecule has 3 fully saturated rings. The number of urea groups is 1. The zero-order chi connectivity index (χ0) is 30.5. The minimum atomic E-state index is -2.89. The average Bonchev–Trinajstić information content (AvgIpc) is 3.86. The van der Waals surface area contributed by atoms with E-state index in [9.17, 15) is 23.2 Å². The summed E-state index contributed by atoms with van der Waals surface area (Å²) >= 11 is 0. The van der Waals surface area contributed by atoms with Gasteiger partial charge in [0.25, 0.3) is 11.8 Å². The normalized spacial score (nSPS) is 21.6. The van der Waals surface area contributed by atoms with Gasteiger partial charge in [0.1, 0.15) is 11.7 Å². The Kier molecular flexibility index (Phi) is 7.91. The molecule has 43 heavy (non-hydrogen) atoms. The lowest BCUT2D eigenvalue weighted by molar-refractivity contribution is -0.119. The summed E-state index contributed by atoms with van der Waals surface area (Å²) in [5.41, 5.74) is 2.64. The number of amides is 4. The van der Waals surface area contributed by atoms with E-state index in [1.807, 2.05) is 26.0 Å². The first-order valence-corrected chi connectivity index (χ1v) is 15.4. The van der Waals surface area contributed by atoms with Gasteiger partial charge in [-0.1, -0.05) is 6.07 Å². The van der Waals surface area contributed by atoms with Crippen molar-refractivity contribution in [3.8, 4) is 0 Å². The van der Waals surface area contributed by atoms with Crippen LogP contribution in [0.15, 0.2) is 30.5 Å². The highest BCUT2D eigenvalue weighted by Crippen LogP contribution is 2.51. The number of aromatic nitrogens is 2. The Balaban J connectivity index is 1.25. The van der Waals surface area contributed by atoms with E-state index in [0.717, 1.165) is 43.7 Å². The molecule has 2 atom stereocenters. The lowest BCUT2D eigenvalue weighted by Crippen LogP contribution is -2.50. The van der Waals surface area contributed by atoms with E-state index in [1.54, 1.807) is 32.8 Å². The third kappa shape index (κ3) is 6.53. The van der Waals surface area contributed by atoms with Crippen molar-refractivity contribution in [2.75, 3.05) is 31.5 Å². The summed E-state index contributed by atoms with van der Waals surface area (Å²) in [5.74, 6) is -2.64. The number of nitrogens with one attached hydrogen (secondary N) is 3. The van der Waals surface area contributed by atoms with Gasteiger partial charge >= 0.3 is 6.03 Å². The molecule has 2 unspecified atom stereocenters. The van der Waals surface area contributed by atoms with Crippen LogP contribution < -0.4 is 16.0 Å². The first-order chi connectivity index (χ1) is 20.5. The molecule has 232 valence electrons. The molecule has 2 aliphatic carbocycles. The van der Waals surface area contributed by atoms with Crippen LogP contribution in [0.25, 0.3) is 0 Å². The lowest BCUT2D eigenvalue weighted by atomic mass is 9.88.